The van der Waals surface area contributed by atoms with E-state index >= 15 is 0 Å². The lowest BCUT2D eigenvalue weighted by Crippen LogP contribution is -2.43. The van der Waals surface area contributed by atoms with Gasteiger partial charge in [0.05, 0.1) is 24.2 Å². The zero-order valence-corrected chi connectivity index (χ0v) is 19.5. The Morgan fingerprint density at radius 3 is 2.58 bits per heavy atom. The number of carbonyl (C=O) groups is 2. The van der Waals surface area contributed by atoms with Crippen molar-refractivity contribution in [1.82, 2.24) is 19.8 Å². The number of nitrogens with zero attached hydrogens (tertiary/aromatic N) is 3. The average Bonchev–Trinajstić information content (AvgIpc) is 3.68. The lowest BCUT2D eigenvalue weighted by atomic mass is 9.94. The molecule has 3 aliphatic rings. The van der Waals surface area contributed by atoms with Crippen LogP contribution in [0.25, 0.3) is 0 Å². The Hall–Kier alpha value is -2.96. The van der Waals surface area contributed by atoms with Gasteiger partial charge in [-0.3, -0.25) is 14.4 Å². The van der Waals surface area contributed by atoms with E-state index in [4.69, 9.17) is 4.98 Å². The molecule has 1 saturated carbocycles. The second-order valence-electron chi connectivity index (χ2n) is 9.84. The van der Waals surface area contributed by atoms with Gasteiger partial charge in [-0.2, -0.15) is 0 Å². The van der Waals surface area contributed by atoms with Crippen LogP contribution in [0.4, 0.5) is 0 Å². The second kappa shape index (κ2) is 8.76. The van der Waals surface area contributed by atoms with E-state index in [2.05, 4.69) is 4.98 Å². The van der Waals surface area contributed by atoms with Crippen LogP contribution in [0.2, 0.25) is 0 Å². The largest absolute Gasteiger partial charge is 0.336 e. The lowest BCUT2D eigenvalue weighted by Gasteiger charge is -2.37. The van der Waals surface area contributed by atoms with Crippen LogP contribution >= 0.6 is 0 Å². The number of carbonyl (C=O) groups excluding carboxylic acids is 2. The number of likely N-dealkylation sites (tertiary alicyclic amines) is 1. The van der Waals surface area contributed by atoms with Crippen molar-refractivity contribution in [3.63, 3.8) is 0 Å². The van der Waals surface area contributed by atoms with Gasteiger partial charge in [-0.05, 0) is 57.9 Å². The summed E-state index contributed by atoms with van der Waals surface area (Å²) in [6.07, 6.45) is 5.18. The summed E-state index contributed by atoms with van der Waals surface area (Å²) in [7, 11) is 0. The van der Waals surface area contributed by atoms with Crippen molar-refractivity contribution in [1.29, 1.82) is 0 Å². The van der Waals surface area contributed by atoms with Gasteiger partial charge in [0.1, 0.15) is 5.82 Å². The Labute approximate surface area is 194 Å². The van der Waals surface area contributed by atoms with Gasteiger partial charge in [-0.15, -0.1) is 0 Å². The van der Waals surface area contributed by atoms with Gasteiger partial charge in [0, 0.05) is 24.6 Å². The Bertz CT molecular complexity index is 1120. The number of aromatic nitrogens is 2. The molecular formula is C26H32N4O3. The maximum absolute atomic E-state index is 13.5. The lowest BCUT2D eigenvalue weighted by molar-refractivity contribution is -0.136. The molecule has 7 heteroatoms. The first kappa shape index (κ1) is 21.9. The fourth-order valence-electron chi connectivity index (χ4n) is 5.12. The normalized spacial score (nSPS) is 21.5. The molecule has 1 saturated heterocycles. The molecule has 2 fully saturated rings. The number of aromatic amines is 1. The first-order valence-corrected chi connectivity index (χ1v) is 12.2. The number of rotatable bonds is 4. The van der Waals surface area contributed by atoms with Crippen molar-refractivity contribution in [3.8, 4) is 0 Å². The molecule has 2 unspecified atom stereocenters. The van der Waals surface area contributed by atoms with E-state index in [9.17, 15) is 14.4 Å². The molecule has 0 bridgehead atoms. The van der Waals surface area contributed by atoms with Gasteiger partial charge >= 0.3 is 0 Å². The van der Waals surface area contributed by atoms with E-state index < -0.39 is 0 Å². The number of piperidine rings is 1. The van der Waals surface area contributed by atoms with E-state index in [-0.39, 0.29) is 35.3 Å². The highest BCUT2D eigenvalue weighted by Gasteiger charge is 2.37. The fourth-order valence-corrected chi connectivity index (χ4v) is 5.12. The third-order valence-corrected chi connectivity index (χ3v) is 7.38. The highest BCUT2D eigenvalue weighted by molar-refractivity contribution is 5.84. The van der Waals surface area contributed by atoms with E-state index in [0.717, 1.165) is 37.7 Å². The summed E-state index contributed by atoms with van der Waals surface area (Å²) in [5.41, 5.74) is 3.41. The zero-order valence-electron chi connectivity index (χ0n) is 19.5. The van der Waals surface area contributed by atoms with Gasteiger partial charge in [-0.25, -0.2) is 4.98 Å². The first-order chi connectivity index (χ1) is 15.9. The summed E-state index contributed by atoms with van der Waals surface area (Å²) in [6.45, 7) is 5.61. The number of hydrogen-bond acceptors (Lipinski definition) is 4. The number of hydrogen-bond donors (Lipinski definition) is 1. The van der Waals surface area contributed by atoms with Crippen LogP contribution < -0.4 is 5.56 Å². The quantitative estimate of drug-likeness (QED) is 0.778. The second-order valence-corrected chi connectivity index (χ2v) is 9.84. The Morgan fingerprint density at radius 1 is 1.09 bits per heavy atom. The zero-order chi connectivity index (χ0) is 23.1. The van der Waals surface area contributed by atoms with Gasteiger partial charge in [-0.1, -0.05) is 29.8 Å². The molecule has 1 aliphatic carbocycles. The molecule has 0 spiro atoms. The summed E-state index contributed by atoms with van der Waals surface area (Å²) in [5, 5.41) is 0. The SMILES string of the molecule is Cc1ccc(C(C)C(=O)N2CCCCC2c2nc3c(c(=O)[nH]2)CCN(C(=O)C2CC2)C3)cc1. The van der Waals surface area contributed by atoms with Crippen molar-refractivity contribution in [3.05, 3.63) is 62.8 Å². The number of nitrogens with one attached hydrogen (secondary N) is 1. The topological polar surface area (TPSA) is 86.4 Å². The molecule has 2 aromatic rings. The third kappa shape index (κ3) is 4.33. The maximum atomic E-state index is 13.5. The van der Waals surface area contributed by atoms with E-state index in [1.807, 2.05) is 47.9 Å². The number of aryl methyl sites for hydroxylation is 1. The predicted molar refractivity (Wildman–Crippen MR) is 125 cm³/mol. The average molecular weight is 449 g/mol. The summed E-state index contributed by atoms with van der Waals surface area (Å²) < 4.78 is 0. The standard InChI is InChI=1S/C26H32N4O3/c1-16-6-8-18(9-7-16)17(2)25(32)30-13-4-3-5-22(30)23-27-21-15-29(26(33)19-10-11-19)14-12-20(21)24(31)28-23/h6-9,17,19,22H,3-5,10-15H2,1-2H3,(H,27,28,31). The van der Waals surface area contributed by atoms with Crippen LogP contribution in [0.1, 0.15) is 79.2 Å². The highest BCUT2D eigenvalue weighted by Crippen LogP contribution is 2.34. The van der Waals surface area contributed by atoms with Crippen LogP contribution in [-0.2, 0) is 22.6 Å². The van der Waals surface area contributed by atoms with Crippen LogP contribution in [0, 0.1) is 12.8 Å². The highest BCUT2D eigenvalue weighted by atomic mass is 16.2. The molecule has 174 valence electrons. The number of fused-ring (bicyclic) bond motifs is 1. The van der Waals surface area contributed by atoms with Gasteiger partial charge in [0.25, 0.3) is 5.56 Å². The molecule has 1 aromatic heterocycles. The number of benzene rings is 1. The smallest absolute Gasteiger partial charge is 0.254 e. The third-order valence-electron chi connectivity index (χ3n) is 7.38. The minimum atomic E-state index is -0.262. The van der Waals surface area contributed by atoms with E-state index in [0.29, 0.717) is 43.1 Å². The molecule has 3 heterocycles. The van der Waals surface area contributed by atoms with Crippen LogP contribution in [0.5, 0.6) is 0 Å². The number of amides is 2. The summed E-state index contributed by atoms with van der Waals surface area (Å²) in [6, 6.07) is 7.85. The maximum Gasteiger partial charge on any atom is 0.254 e. The minimum Gasteiger partial charge on any atom is -0.336 e. The number of H-pyrrole nitrogens is 1. The van der Waals surface area contributed by atoms with Crippen LogP contribution in [-0.4, -0.2) is 44.7 Å². The molecule has 1 N–H and O–H groups in total. The fraction of sp³-hybridized carbons (Fsp3) is 0.538. The molecule has 0 radical (unpaired) electrons. The summed E-state index contributed by atoms with van der Waals surface area (Å²) >= 11 is 0. The first-order valence-electron chi connectivity index (χ1n) is 12.2. The van der Waals surface area contributed by atoms with Crippen LogP contribution in [0.15, 0.2) is 29.1 Å². The van der Waals surface area contributed by atoms with Crippen molar-refractivity contribution in [2.45, 2.75) is 70.9 Å². The van der Waals surface area contributed by atoms with Gasteiger partial charge in [0.2, 0.25) is 11.8 Å². The molecule has 5 rings (SSSR count). The van der Waals surface area contributed by atoms with Gasteiger partial charge < -0.3 is 14.8 Å². The molecule has 7 nitrogen and oxygen atoms in total. The Morgan fingerprint density at radius 2 is 1.85 bits per heavy atom. The van der Waals surface area contributed by atoms with Crippen LogP contribution in [0.3, 0.4) is 0 Å². The van der Waals surface area contributed by atoms with Crippen molar-refractivity contribution in [2.24, 2.45) is 5.92 Å². The molecule has 2 atom stereocenters. The minimum absolute atomic E-state index is 0.0643. The molecule has 2 aliphatic heterocycles. The Kier molecular flexibility index (Phi) is 5.81. The molecular weight excluding hydrogens is 416 g/mol. The molecule has 1 aromatic carbocycles. The van der Waals surface area contributed by atoms with Crippen molar-refractivity contribution in [2.75, 3.05) is 13.1 Å². The summed E-state index contributed by atoms with van der Waals surface area (Å²) in [5.74, 6) is 0.703. The summed E-state index contributed by atoms with van der Waals surface area (Å²) in [4.78, 5) is 50.6. The Balaban J connectivity index is 1.41. The van der Waals surface area contributed by atoms with E-state index in [1.54, 1.807) is 0 Å². The molecule has 2 amide bonds. The van der Waals surface area contributed by atoms with Crippen molar-refractivity contribution < 1.29 is 9.59 Å². The van der Waals surface area contributed by atoms with E-state index in [1.165, 1.54) is 5.56 Å². The molecule has 33 heavy (non-hydrogen) atoms. The van der Waals surface area contributed by atoms with Crippen molar-refractivity contribution >= 4 is 11.8 Å². The predicted octanol–water partition coefficient (Wildman–Crippen LogP) is 3.23. The monoisotopic (exact) mass is 448 g/mol. The van der Waals surface area contributed by atoms with Gasteiger partial charge in [0.15, 0.2) is 0 Å².